The first-order valence-electron chi connectivity index (χ1n) is 4.64. The molecule has 0 saturated carbocycles. The average Bonchev–Trinajstić information content (AvgIpc) is 2.44. The van der Waals surface area contributed by atoms with E-state index in [4.69, 9.17) is 5.26 Å². The maximum absolute atomic E-state index is 8.75. The lowest BCUT2D eigenvalue weighted by Crippen LogP contribution is -2.35. The van der Waals surface area contributed by atoms with E-state index >= 15 is 0 Å². The molecule has 2 unspecified atom stereocenters. The van der Waals surface area contributed by atoms with Gasteiger partial charge in [0, 0.05) is 17.7 Å². The lowest BCUT2D eigenvalue weighted by Gasteiger charge is -2.23. The van der Waals surface area contributed by atoms with Crippen LogP contribution in [0.2, 0.25) is 0 Å². The van der Waals surface area contributed by atoms with Gasteiger partial charge in [-0.05, 0) is 32.6 Å². The Labute approximate surface area is 73.3 Å². The van der Waals surface area contributed by atoms with Crippen molar-refractivity contribution in [3.8, 4) is 6.07 Å². The van der Waals surface area contributed by atoms with E-state index in [1.807, 2.05) is 6.92 Å². The molecule has 0 radical (unpaired) electrons. The summed E-state index contributed by atoms with van der Waals surface area (Å²) < 4.78 is 0. The molecule has 0 aromatic heterocycles. The Morgan fingerprint density at radius 1 is 1.42 bits per heavy atom. The first-order valence-corrected chi connectivity index (χ1v) is 4.64. The van der Waals surface area contributed by atoms with E-state index in [0.29, 0.717) is 12.1 Å². The van der Waals surface area contributed by atoms with Gasteiger partial charge in [-0.3, -0.25) is 0 Å². The van der Waals surface area contributed by atoms with Crippen LogP contribution in [0.15, 0.2) is 11.1 Å². The number of nitrogens with one attached hydrogen (secondary N) is 1. The molecule has 0 spiro atoms. The average molecular weight is 162 g/mol. The third-order valence-electron chi connectivity index (χ3n) is 3.02. The number of allylic oxidation sites excluding steroid dienone is 1. The summed E-state index contributed by atoms with van der Waals surface area (Å²) in [5, 5.41) is 12.3. The van der Waals surface area contributed by atoms with Crippen molar-refractivity contribution in [1.29, 1.82) is 5.26 Å². The molecular weight excluding hydrogens is 148 g/mol. The molecule has 2 atom stereocenters. The molecule has 2 bridgehead atoms. The van der Waals surface area contributed by atoms with Gasteiger partial charge >= 0.3 is 0 Å². The van der Waals surface area contributed by atoms with Crippen LogP contribution in [0.25, 0.3) is 0 Å². The molecule has 2 heterocycles. The molecule has 12 heavy (non-hydrogen) atoms. The topological polar surface area (TPSA) is 35.8 Å². The van der Waals surface area contributed by atoms with Crippen molar-refractivity contribution in [3.05, 3.63) is 11.1 Å². The highest BCUT2D eigenvalue weighted by Crippen LogP contribution is 2.31. The zero-order valence-corrected chi connectivity index (χ0v) is 7.43. The molecule has 2 heteroatoms. The fourth-order valence-corrected chi connectivity index (χ4v) is 2.29. The zero-order chi connectivity index (χ0) is 8.55. The van der Waals surface area contributed by atoms with Crippen molar-refractivity contribution in [1.82, 2.24) is 5.32 Å². The molecule has 2 saturated heterocycles. The van der Waals surface area contributed by atoms with Crippen LogP contribution < -0.4 is 5.32 Å². The Kier molecular flexibility index (Phi) is 1.90. The van der Waals surface area contributed by atoms with Crippen LogP contribution in [0.1, 0.15) is 32.6 Å². The predicted octanol–water partition coefficient (Wildman–Crippen LogP) is 1.74. The van der Waals surface area contributed by atoms with Gasteiger partial charge in [0.15, 0.2) is 0 Å². The van der Waals surface area contributed by atoms with E-state index in [9.17, 15) is 0 Å². The number of piperidine rings is 1. The summed E-state index contributed by atoms with van der Waals surface area (Å²) in [6, 6.07) is 3.59. The SMILES string of the molecule is CC(C#N)=C1CC2CCC(C1)N2. The number of nitriles is 1. The van der Waals surface area contributed by atoms with Gasteiger partial charge in [-0.2, -0.15) is 5.26 Å². The predicted molar refractivity (Wildman–Crippen MR) is 47.5 cm³/mol. The number of hydrogen-bond donors (Lipinski definition) is 1. The minimum atomic E-state index is 0.669. The van der Waals surface area contributed by atoms with Crippen LogP contribution >= 0.6 is 0 Å². The second-order valence-corrected chi connectivity index (χ2v) is 3.89. The van der Waals surface area contributed by atoms with Crippen LogP contribution in [0.3, 0.4) is 0 Å². The highest BCUT2D eigenvalue weighted by Gasteiger charge is 2.30. The number of nitrogens with zero attached hydrogens (tertiary/aromatic N) is 1. The van der Waals surface area contributed by atoms with Crippen LogP contribution in [0.4, 0.5) is 0 Å². The van der Waals surface area contributed by atoms with E-state index in [1.165, 1.54) is 18.4 Å². The van der Waals surface area contributed by atoms with E-state index in [1.54, 1.807) is 0 Å². The molecule has 0 aromatic rings. The van der Waals surface area contributed by atoms with Gasteiger partial charge in [-0.15, -0.1) is 0 Å². The summed E-state index contributed by atoms with van der Waals surface area (Å²) >= 11 is 0. The summed E-state index contributed by atoms with van der Waals surface area (Å²) in [5.41, 5.74) is 2.34. The van der Waals surface area contributed by atoms with Crippen molar-refractivity contribution in [2.45, 2.75) is 44.7 Å². The normalized spacial score (nSPS) is 33.2. The van der Waals surface area contributed by atoms with Crippen molar-refractivity contribution in [3.63, 3.8) is 0 Å². The Morgan fingerprint density at radius 3 is 2.50 bits per heavy atom. The zero-order valence-electron chi connectivity index (χ0n) is 7.43. The largest absolute Gasteiger partial charge is 0.311 e. The first kappa shape index (κ1) is 7.82. The first-order chi connectivity index (χ1) is 5.79. The summed E-state index contributed by atoms with van der Waals surface area (Å²) in [7, 11) is 0. The van der Waals surface area contributed by atoms with E-state index in [-0.39, 0.29) is 0 Å². The second kappa shape index (κ2) is 2.91. The van der Waals surface area contributed by atoms with Gasteiger partial charge < -0.3 is 5.32 Å². The molecule has 1 N–H and O–H groups in total. The summed E-state index contributed by atoms with van der Waals surface area (Å²) in [6.45, 7) is 1.94. The lowest BCUT2D eigenvalue weighted by atomic mass is 9.95. The van der Waals surface area contributed by atoms with Crippen LogP contribution in [0, 0.1) is 11.3 Å². The molecule has 64 valence electrons. The number of fused-ring (bicyclic) bond motifs is 2. The standard InChI is InChI=1S/C10H14N2/c1-7(6-11)8-4-9-2-3-10(5-8)12-9/h9-10,12H,2-5H2,1H3. The molecule has 0 aromatic carbocycles. The quantitative estimate of drug-likeness (QED) is 0.551. The minimum Gasteiger partial charge on any atom is -0.311 e. The van der Waals surface area contributed by atoms with Gasteiger partial charge in [0.25, 0.3) is 0 Å². The smallest absolute Gasteiger partial charge is 0.0943 e. The highest BCUT2D eigenvalue weighted by molar-refractivity contribution is 5.29. The number of rotatable bonds is 0. The summed E-state index contributed by atoms with van der Waals surface area (Å²) in [5.74, 6) is 0. The van der Waals surface area contributed by atoms with Gasteiger partial charge in [0.2, 0.25) is 0 Å². The molecule has 2 aliphatic heterocycles. The lowest BCUT2D eigenvalue weighted by molar-refractivity contribution is 0.472. The highest BCUT2D eigenvalue weighted by atomic mass is 15.0. The molecular formula is C10H14N2. The van der Waals surface area contributed by atoms with Gasteiger partial charge in [0.1, 0.15) is 0 Å². The monoisotopic (exact) mass is 162 g/mol. The van der Waals surface area contributed by atoms with E-state index < -0.39 is 0 Å². The van der Waals surface area contributed by atoms with Crippen molar-refractivity contribution >= 4 is 0 Å². The minimum absolute atomic E-state index is 0.669. The third-order valence-corrected chi connectivity index (χ3v) is 3.02. The van der Waals surface area contributed by atoms with E-state index in [0.717, 1.165) is 18.4 Å². The third kappa shape index (κ3) is 1.25. The van der Waals surface area contributed by atoms with Gasteiger partial charge in [0.05, 0.1) is 6.07 Å². The molecule has 2 fully saturated rings. The van der Waals surface area contributed by atoms with Crippen LogP contribution in [0.5, 0.6) is 0 Å². The van der Waals surface area contributed by atoms with Crippen LogP contribution in [-0.2, 0) is 0 Å². The van der Waals surface area contributed by atoms with Crippen molar-refractivity contribution in [2.75, 3.05) is 0 Å². The van der Waals surface area contributed by atoms with Crippen molar-refractivity contribution in [2.24, 2.45) is 0 Å². The van der Waals surface area contributed by atoms with Gasteiger partial charge in [-0.1, -0.05) is 5.57 Å². The maximum atomic E-state index is 8.75. The van der Waals surface area contributed by atoms with E-state index in [2.05, 4.69) is 11.4 Å². The molecule has 0 aliphatic carbocycles. The maximum Gasteiger partial charge on any atom is 0.0943 e. The van der Waals surface area contributed by atoms with Crippen LogP contribution in [-0.4, -0.2) is 12.1 Å². The fraction of sp³-hybridized carbons (Fsp3) is 0.700. The molecule has 2 nitrogen and oxygen atoms in total. The molecule has 2 aliphatic rings. The Balaban J connectivity index is 2.18. The number of hydrogen-bond acceptors (Lipinski definition) is 2. The fourth-order valence-electron chi connectivity index (χ4n) is 2.29. The molecule has 2 rings (SSSR count). The van der Waals surface area contributed by atoms with Crippen molar-refractivity contribution < 1.29 is 0 Å². The Morgan fingerprint density at radius 2 is 2.00 bits per heavy atom. The summed E-state index contributed by atoms with van der Waals surface area (Å²) in [4.78, 5) is 0. The molecule has 0 amide bonds. The summed E-state index contributed by atoms with van der Waals surface area (Å²) in [6.07, 6.45) is 4.81. The van der Waals surface area contributed by atoms with Gasteiger partial charge in [-0.25, -0.2) is 0 Å². The Bertz CT molecular complexity index is 246. The Hall–Kier alpha value is -0.810. The second-order valence-electron chi connectivity index (χ2n) is 3.89.